The fourth-order valence-electron chi connectivity index (χ4n) is 2.27. The van der Waals surface area contributed by atoms with Crippen LogP contribution in [0.5, 0.6) is 0 Å². The lowest BCUT2D eigenvalue weighted by molar-refractivity contribution is 0.287. The van der Waals surface area contributed by atoms with Crippen LogP contribution in [-0.2, 0) is 13.1 Å². The number of aromatic nitrogens is 1. The predicted molar refractivity (Wildman–Crippen MR) is 79.8 cm³/mol. The average molecular weight is 259 g/mol. The van der Waals surface area contributed by atoms with Crippen molar-refractivity contribution in [2.24, 2.45) is 5.92 Å². The largest absolute Gasteiger partial charge is 0.311 e. The molecule has 1 aromatic heterocycles. The fourth-order valence-corrected chi connectivity index (χ4v) is 2.27. The topological polar surface area (TPSA) is 28.2 Å². The van der Waals surface area contributed by atoms with Gasteiger partial charge in [-0.25, -0.2) is 0 Å². The summed E-state index contributed by atoms with van der Waals surface area (Å²) in [5.41, 5.74) is 2.32. The van der Waals surface area contributed by atoms with E-state index in [9.17, 15) is 0 Å². The maximum absolute atomic E-state index is 4.74. The Hall–Kier alpha value is -1.19. The number of hydrogen-bond donors (Lipinski definition) is 1. The van der Waals surface area contributed by atoms with Crippen molar-refractivity contribution in [3.63, 3.8) is 0 Å². The summed E-state index contributed by atoms with van der Waals surface area (Å²) in [5.74, 6) is 0.684. The third kappa shape index (κ3) is 5.13. The van der Waals surface area contributed by atoms with Crippen molar-refractivity contribution < 1.29 is 0 Å². The molecular formula is C16H25N3. The molecule has 2 heterocycles. The highest BCUT2D eigenvalue weighted by Crippen LogP contribution is 2.08. The Morgan fingerprint density at radius 3 is 2.84 bits per heavy atom. The van der Waals surface area contributed by atoms with E-state index in [4.69, 9.17) is 4.98 Å². The molecule has 2 rings (SSSR count). The van der Waals surface area contributed by atoms with Crippen LogP contribution >= 0.6 is 0 Å². The first-order valence-corrected chi connectivity index (χ1v) is 7.27. The van der Waals surface area contributed by atoms with Crippen molar-refractivity contribution in [2.45, 2.75) is 33.4 Å². The Bertz CT molecular complexity index is 412. The number of pyridine rings is 1. The first-order chi connectivity index (χ1) is 9.24. The smallest absolute Gasteiger partial charge is 0.0547 e. The zero-order chi connectivity index (χ0) is 13.5. The summed E-state index contributed by atoms with van der Waals surface area (Å²) in [6.45, 7) is 9.52. The van der Waals surface area contributed by atoms with Gasteiger partial charge in [-0.3, -0.25) is 9.88 Å². The van der Waals surface area contributed by atoms with Crippen LogP contribution in [0.15, 0.2) is 30.4 Å². The van der Waals surface area contributed by atoms with Crippen molar-refractivity contribution in [3.8, 4) is 0 Å². The minimum absolute atomic E-state index is 0.684. The molecule has 19 heavy (non-hydrogen) atoms. The lowest BCUT2D eigenvalue weighted by atomic mass is 10.2. The lowest BCUT2D eigenvalue weighted by Gasteiger charge is -2.22. The zero-order valence-electron chi connectivity index (χ0n) is 12.1. The van der Waals surface area contributed by atoms with Gasteiger partial charge >= 0.3 is 0 Å². The van der Waals surface area contributed by atoms with Crippen molar-refractivity contribution in [1.29, 1.82) is 0 Å². The van der Waals surface area contributed by atoms with E-state index in [1.807, 2.05) is 0 Å². The van der Waals surface area contributed by atoms with Gasteiger partial charge in [0, 0.05) is 26.2 Å². The highest BCUT2D eigenvalue weighted by Gasteiger charge is 2.08. The highest BCUT2D eigenvalue weighted by atomic mass is 15.1. The van der Waals surface area contributed by atoms with Crippen LogP contribution in [0.25, 0.3) is 0 Å². The molecule has 0 amide bonds. The zero-order valence-corrected chi connectivity index (χ0v) is 12.1. The molecule has 3 heteroatoms. The summed E-state index contributed by atoms with van der Waals surface area (Å²) in [5, 5.41) is 3.44. The van der Waals surface area contributed by atoms with Crippen LogP contribution < -0.4 is 5.32 Å². The quantitative estimate of drug-likeness (QED) is 0.796. The first-order valence-electron chi connectivity index (χ1n) is 7.27. The minimum atomic E-state index is 0.684. The standard InChI is InChI=1S/C16H25N3/c1-14(2)11-17-12-15-7-6-8-16(18-15)13-19-9-4-3-5-10-19/h3-4,6-8,14,17H,5,9-13H2,1-2H3. The number of nitrogens with zero attached hydrogens (tertiary/aromatic N) is 2. The molecule has 1 aliphatic heterocycles. The lowest BCUT2D eigenvalue weighted by Crippen LogP contribution is -2.27. The van der Waals surface area contributed by atoms with Crippen molar-refractivity contribution in [1.82, 2.24) is 15.2 Å². The molecule has 0 saturated heterocycles. The molecule has 1 aromatic rings. The molecule has 0 saturated carbocycles. The molecule has 0 unspecified atom stereocenters. The molecule has 0 bridgehead atoms. The SMILES string of the molecule is CC(C)CNCc1cccc(CN2CC=CCC2)n1. The molecular weight excluding hydrogens is 234 g/mol. The molecule has 0 spiro atoms. The Labute approximate surface area is 116 Å². The van der Waals surface area contributed by atoms with Crippen LogP contribution in [0, 0.1) is 5.92 Å². The Morgan fingerprint density at radius 2 is 2.11 bits per heavy atom. The van der Waals surface area contributed by atoms with Crippen LogP contribution in [0.4, 0.5) is 0 Å². The first kappa shape index (κ1) is 14.2. The van der Waals surface area contributed by atoms with Crippen molar-refractivity contribution in [2.75, 3.05) is 19.6 Å². The van der Waals surface area contributed by atoms with Crippen molar-refractivity contribution >= 4 is 0 Å². The second-order valence-corrected chi connectivity index (χ2v) is 5.64. The van der Waals surface area contributed by atoms with Crippen LogP contribution in [0.3, 0.4) is 0 Å². The van der Waals surface area contributed by atoms with E-state index in [2.05, 4.69) is 54.4 Å². The fraction of sp³-hybridized carbons (Fsp3) is 0.562. The van der Waals surface area contributed by atoms with Gasteiger partial charge in [0.1, 0.15) is 0 Å². The van der Waals surface area contributed by atoms with Gasteiger partial charge < -0.3 is 5.32 Å². The third-order valence-electron chi connectivity index (χ3n) is 3.25. The van der Waals surface area contributed by atoms with E-state index in [0.29, 0.717) is 5.92 Å². The molecule has 0 aromatic carbocycles. The van der Waals surface area contributed by atoms with E-state index >= 15 is 0 Å². The van der Waals surface area contributed by atoms with Gasteiger partial charge in [0.25, 0.3) is 0 Å². The predicted octanol–water partition coefficient (Wildman–Crippen LogP) is 2.59. The van der Waals surface area contributed by atoms with E-state index in [-0.39, 0.29) is 0 Å². The molecule has 0 atom stereocenters. The summed E-state index contributed by atoms with van der Waals surface area (Å²) >= 11 is 0. The van der Waals surface area contributed by atoms with Gasteiger partial charge in [0.2, 0.25) is 0 Å². The van der Waals surface area contributed by atoms with Gasteiger partial charge in [-0.05, 0) is 31.0 Å². The van der Waals surface area contributed by atoms with E-state index in [1.165, 1.54) is 5.69 Å². The number of nitrogens with one attached hydrogen (secondary N) is 1. The maximum atomic E-state index is 4.74. The van der Waals surface area contributed by atoms with Crippen LogP contribution in [0.2, 0.25) is 0 Å². The summed E-state index contributed by atoms with van der Waals surface area (Å²) < 4.78 is 0. The van der Waals surface area contributed by atoms with Gasteiger partial charge in [-0.2, -0.15) is 0 Å². The van der Waals surface area contributed by atoms with Crippen LogP contribution in [-0.4, -0.2) is 29.5 Å². The highest BCUT2D eigenvalue weighted by molar-refractivity contribution is 5.11. The summed E-state index contributed by atoms with van der Waals surface area (Å²) in [6, 6.07) is 6.35. The normalized spacial score (nSPS) is 16.2. The van der Waals surface area contributed by atoms with E-state index in [1.54, 1.807) is 0 Å². The average Bonchev–Trinajstić information content (AvgIpc) is 2.40. The van der Waals surface area contributed by atoms with Crippen LogP contribution in [0.1, 0.15) is 31.7 Å². The monoisotopic (exact) mass is 259 g/mol. The Balaban J connectivity index is 1.85. The van der Waals surface area contributed by atoms with Gasteiger partial charge in [0.05, 0.1) is 11.4 Å². The van der Waals surface area contributed by atoms with Gasteiger partial charge in [-0.15, -0.1) is 0 Å². The van der Waals surface area contributed by atoms with E-state index < -0.39 is 0 Å². The summed E-state index contributed by atoms with van der Waals surface area (Å²) in [4.78, 5) is 7.17. The van der Waals surface area contributed by atoms with Crippen molar-refractivity contribution in [3.05, 3.63) is 41.7 Å². The second-order valence-electron chi connectivity index (χ2n) is 5.64. The summed E-state index contributed by atoms with van der Waals surface area (Å²) in [7, 11) is 0. The molecule has 0 fully saturated rings. The number of rotatable bonds is 6. The minimum Gasteiger partial charge on any atom is -0.311 e. The molecule has 104 valence electrons. The van der Waals surface area contributed by atoms with Gasteiger partial charge in [-0.1, -0.05) is 32.1 Å². The maximum Gasteiger partial charge on any atom is 0.0547 e. The Morgan fingerprint density at radius 1 is 1.26 bits per heavy atom. The third-order valence-corrected chi connectivity index (χ3v) is 3.25. The summed E-state index contributed by atoms with van der Waals surface area (Å²) in [6.07, 6.45) is 5.67. The molecule has 0 radical (unpaired) electrons. The van der Waals surface area contributed by atoms with E-state index in [0.717, 1.165) is 44.8 Å². The second kappa shape index (κ2) is 7.41. The molecule has 1 N–H and O–H groups in total. The molecule has 0 aliphatic carbocycles. The molecule has 1 aliphatic rings. The number of hydrogen-bond acceptors (Lipinski definition) is 3. The molecule has 3 nitrogen and oxygen atoms in total. The van der Waals surface area contributed by atoms with Gasteiger partial charge in [0.15, 0.2) is 0 Å². The Kier molecular flexibility index (Phi) is 5.55.